The van der Waals surface area contributed by atoms with Crippen molar-refractivity contribution in [1.29, 1.82) is 0 Å². The summed E-state index contributed by atoms with van der Waals surface area (Å²) in [6.07, 6.45) is 7.23. The average molecular weight is 567 g/mol. The zero-order valence-corrected chi connectivity index (χ0v) is 23.7. The highest BCUT2D eigenvalue weighted by Crippen LogP contribution is 2.37. The summed E-state index contributed by atoms with van der Waals surface area (Å²) in [5.41, 5.74) is 1.73. The molecule has 2 aliphatic heterocycles. The summed E-state index contributed by atoms with van der Waals surface area (Å²) in [5.74, 6) is -2.23. The molecule has 0 radical (unpaired) electrons. The Balaban J connectivity index is 1.38. The summed E-state index contributed by atoms with van der Waals surface area (Å²) in [4.78, 5) is 16.0. The van der Waals surface area contributed by atoms with Crippen LogP contribution in [-0.2, 0) is 40.8 Å². The van der Waals surface area contributed by atoms with Crippen LogP contribution in [0.25, 0.3) is 11.2 Å². The third-order valence-corrected chi connectivity index (χ3v) is 8.73. The number of fused-ring (bicyclic) bond motifs is 1. The summed E-state index contributed by atoms with van der Waals surface area (Å²) in [5, 5.41) is 8.25. The number of ether oxygens (including phenoxy) is 2. The smallest absolute Gasteiger partial charge is 0.337 e. The SMILES string of the molecule is CCC(F)(F)c1cc(CN2CCC(OC)CC2)cn2c(=O)n(-c3cccc(C4(Cc5nncn5C)COC4)c3)cc12. The van der Waals surface area contributed by atoms with Gasteiger partial charge in [-0.3, -0.25) is 13.9 Å². The van der Waals surface area contributed by atoms with E-state index in [1.165, 1.54) is 15.9 Å². The van der Waals surface area contributed by atoms with Crippen molar-refractivity contribution >= 4 is 5.52 Å². The monoisotopic (exact) mass is 566 g/mol. The third kappa shape index (κ3) is 5.11. The number of nitrogens with zero attached hydrogens (tertiary/aromatic N) is 6. The molecule has 2 fully saturated rings. The van der Waals surface area contributed by atoms with Gasteiger partial charge in [0.25, 0.3) is 5.92 Å². The normalized spacial score (nSPS) is 18.2. The minimum absolute atomic E-state index is 0.123. The van der Waals surface area contributed by atoms with Crippen LogP contribution in [-0.4, -0.2) is 68.1 Å². The number of likely N-dealkylation sites (tertiary alicyclic amines) is 1. The molecule has 5 heterocycles. The Bertz CT molecular complexity index is 1600. The van der Waals surface area contributed by atoms with Gasteiger partial charge in [-0.05, 0) is 42.2 Å². The third-order valence-electron chi connectivity index (χ3n) is 8.73. The summed E-state index contributed by atoms with van der Waals surface area (Å²) < 4.78 is 46.5. The first kappa shape index (κ1) is 27.7. The van der Waals surface area contributed by atoms with Crippen LogP contribution in [0.2, 0.25) is 0 Å². The highest BCUT2D eigenvalue weighted by atomic mass is 19.3. The van der Waals surface area contributed by atoms with Gasteiger partial charge in [-0.15, -0.1) is 10.2 Å². The van der Waals surface area contributed by atoms with Crippen LogP contribution in [0.3, 0.4) is 0 Å². The number of aromatic nitrogens is 5. The van der Waals surface area contributed by atoms with Crippen LogP contribution in [0.4, 0.5) is 8.78 Å². The van der Waals surface area contributed by atoms with Gasteiger partial charge in [0.05, 0.1) is 30.5 Å². The fourth-order valence-electron chi connectivity index (χ4n) is 6.04. The van der Waals surface area contributed by atoms with E-state index in [9.17, 15) is 4.79 Å². The number of imidazole rings is 1. The van der Waals surface area contributed by atoms with Gasteiger partial charge in [0.15, 0.2) is 0 Å². The second-order valence-corrected chi connectivity index (χ2v) is 11.4. The first-order chi connectivity index (χ1) is 19.7. The lowest BCUT2D eigenvalue weighted by Crippen LogP contribution is -2.49. The molecule has 0 atom stereocenters. The molecule has 0 amide bonds. The summed E-state index contributed by atoms with van der Waals surface area (Å²) in [7, 11) is 3.63. The molecule has 3 aromatic heterocycles. The van der Waals surface area contributed by atoms with Crippen molar-refractivity contribution in [2.45, 2.75) is 56.6 Å². The van der Waals surface area contributed by atoms with Crippen molar-refractivity contribution in [2.75, 3.05) is 33.4 Å². The predicted octanol–water partition coefficient (Wildman–Crippen LogP) is 3.84. The first-order valence-corrected chi connectivity index (χ1v) is 14.1. The lowest BCUT2D eigenvalue weighted by atomic mass is 9.75. The number of alkyl halides is 2. The predicted molar refractivity (Wildman–Crippen MR) is 150 cm³/mol. The number of rotatable bonds is 9. The first-order valence-electron chi connectivity index (χ1n) is 14.1. The average Bonchev–Trinajstić information content (AvgIpc) is 3.52. The van der Waals surface area contributed by atoms with E-state index in [0.29, 0.717) is 37.4 Å². The van der Waals surface area contributed by atoms with E-state index < -0.39 is 5.92 Å². The molecule has 1 aromatic carbocycles. The van der Waals surface area contributed by atoms with Crippen LogP contribution in [0.15, 0.2) is 53.8 Å². The maximum absolute atomic E-state index is 15.3. The minimum atomic E-state index is -3.08. The maximum atomic E-state index is 15.3. The van der Waals surface area contributed by atoms with E-state index >= 15 is 8.78 Å². The molecule has 4 aromatic rings. The van der Waals surface area contributed by atoms with Gasteiger partial charge < -0.3 is 14.0 Å². The topological polar surface area (TPSA) is 78.8 Å². The van der Waals surface area contributed by atoms with Crippen LogP contribution in [0.5, 0.6) is 0 Å². The van der Waals surface area contributed by atoms with Crippen molar-refractivity contribution < 1.29 is 18.3 Å². The summed E-state index contributed by atoms with van der Waals surface area (Å²) >= 11 is 0. The molecule has 0 saturated carbocycles. The van der Waals surface area contributed by atoms with Crippen molar-refractivity contribution in [3.63, 3.8) is 0 Å². The van der Waals surface area contributed by atoms with Gasteiger partial charge >= 0.3 is 5.69 Å². The van der Waals surface area contributed by atoms with E-state index in [2.05, 4.69) is 15.1 Å². The molecule has 6 rings (SSSR count). The van der Waals surface area contributed by atoms with Crippen LogP contribution >= 0.6 is 0 Å². The number of benzene rings is 1. The van der Waals surface area contributed by atoms with Crippen LogP contribution in [0.1, 0.15) is 48.7 Å². The number of halogens is 2. The number of piperidine rings is 1. The number of aryl methyl sites for hydroxylation is 1. The maximum Gasteiger partial charge on any atom is 0.337 e. The Morgan fingerprint density at radius 1 is 1.17 bits per heavy atom. The Morgan fingerprint density at radius 3 is 2.59 bits per heavy atom. The van der Waals surface area contributed by atoms with Crippen LogP contribution < -0.4 is 5.69 Å². The standard InChI is InChI=1S/C30H36F2N6O3/c1-4-30(31,32)25-12-21(15-36-10-8-24(40-3)9-11-36)16-38-26(25)17-37(28(38)39)23-7-5-6-22(13-23)29(18-41-19-29)14-27-34-33-20-35(27)2/h5-7,12-13,16-17,20,24H,4,8-11,14-15,18-19H2,1-3H3. The lowest BCUT2D eigenvalue weighted by Gasteiger charge is -2.41. The molecule has 9 nitrogen and oxygen atoms in total. The second kappa shape index (κ2) is 10.8. The van der Waals surface area contributed by atoms with E-state index in [0.717, 1.165) is 37.3 Å². The molecule has 0 unspecified atom stereocenters. The molecule has 11 heteroatoms. The van der Waals surface area contributed by atoms with E-state index in [-0.39, 0.29) is 34.7 Å². The van der Waals surface area contributed by atoms with Gasteiger partial charge in [-0.25, -0.2) is 13.6 Å². The Hall–Kier alpha value is -3.41. The molecule has 0 bridgehead atoms. The summed E-state index contributed by atoms with van der Waals surface area (Å²) in [6, 6.07) is 9.28. The van der Waals surface area contributed by atoms with Gasteiger partial charge in [0.2, 0.25) is 0 Å². The molecule has 0 aliphatic carbocycles. The Kier molecular flexibility index (Phi) is 7.29. The largest absolute Gasteiger partial charge is 0.381 e. The summed E-state index contributed by atoms with van der Waals surface area (Å²) in [6.45, 7) is 4.64. The number of pyridine rings is 1. The highest BCUT2D eigenvalue weighted by molar-refractivity contribution is 5.58. The molecule has 218 valence electrons. The minimum Gasteiger partial charge on any atom is -0.381 e. The number of methoxy groups -OCH3 is 1. The Labute approximate surface area is 237 Å². The lowest BCUT2D eigenvalue weighted by molar-refractivity contribution is -0.0611. The van der Waals surface area contributed by atoms with Gasteiger partial charge in [-0.1, -0.05) is 19.1 Å². The molecule has 2 aliphatic rings. The Morgan fingerprint density at radius 2 is 1.95 bits per heavy atom. The molecule has 41 heavy (non-hydrogen) atoms. The van der Waals surface area contributed by atoms with E-state index in [1.54, 1.807) is 31.9 Å². The molecule has 0 spiro atoms. The van der Waals surface area contributed by atoms with Crippen LogP contribution in [0, 0.1) is 0 Å². The number of hydrogen-bond donors (Lipinski definition) is 0. The molecular weight excluding hydrogens is 530 g/mol. The van der Waals surface area contributed by atoms with Crippen molar-refractivity contribution in [1.82, 2.24) is 28.6 Å². The molecular formula is C30H36F2N6O3. The van der Waals surface area contributed by atoms with Crippen molar-refractivity contribution in [3.05, 3.63) is 82.1 Å². The zero-order valence-electron chi connectivity index (χ0n) is 23.7. The van der Waals surface area contributed by atoms with E-state index in [1.807, 2.05) is 35.9 Å². The molecule has 2 saturated heterocycles. The highest BCUT2D eigenvalue weighted by Gasteiger charge is 2.42. The van der Waals surface area contributed by atoms with E-state index in [4.69, 9.17) is 9.47 Å². The fraction of sp³-hybridized carbons (Fsp3) is 0.500. The van der Waals surface area contributed by atoms with Gasteiger partial charge in [-0.2, -0.15) is 0 Å². The molecule has 0 N–H and O–H groups in total. The zero-order chi connectivity index (χ0) is 28.8. The fourth-order valence-corrected chi connectivity index (χ4v) is 6.04. The second-order valence-electron chi connectivity index (χ2n) is 11.4. The quantitative estimate of drug-likeness (QED) is 0.306. The van der Waals surface area contributed by atoms with Gasteiger partial charge in [0, 0.05) is 70.0 Å². The van der Waals surface area contributed by atoms with Gasteiger partial charge in [0.1, 0.15) is 12.2 Å². The van der Waals surface area contributed by atoms with Crippen molar-refractivity contribution in [2.24, 2.45) is 7.05 Å². The van der Waals surface area contributed by atoms with Crippen molar-refractivity contribution in [3.8, 4) is 5.69 Å². The number of hydrogen-bond acceptors (Lipinski definition) is 6.